The molecular weight excluding hydrogens is 156 g/mol. The molecule has 0 unspecified atom stereocenters. The number of ketones is 1. The van der Waals surface area contributed by atoms with Gasteiger partial charge in [-0.05, 0) is 19.3 Å². The number of carbonyl (C=O) groups is 2. The van der Waals surface area contributed by atoms with Crippen LogP contribution in [0.25, 0.3) is 0 Å². The molecule has 0 aromatic carbocycles. The number of hydrogen-bond donors (Lipinski definition) is 0. The lowest BCUT2D eigenvalue weighted by molar-refractivity contribution is -0.154. The summed E-state index contributed by atoms with van der Waals surface area (Å²) in [5, 5.41) is 0. The Labute approximate surface area is 71.4 Å². The highest BCUT2D eigenvalue weighted by Crippen LogP contribution is 2.40. The van der Waals surface area contributed by atoms with E-state index in [-0.39, 0.29) is 18.4 Å². The molecule has 0 aromatic rings. The molecule has 2 atom stereocenters. The Balaban J connectivity index is 2.39. The maximum Gasteiger partial charge on any atom is 0.374 e. The first kappa shape index (κ1) is 8.97. The number of Topliss-reactive ketones (excluding diaryl/α,β-unsaturated/α-hetero) is 1. The molecule has 0 saturated heterocycles. The number of allylic oxidation sites excluding steroid dienone is 1. The van der Waals surface area contributed by atoms with Crippen LogP contribution in [-0.4, -0.2) is 18.4 Å². The van der Waals surface area contributed by atoms with Crippen molar-refractivity contribution in [2.24, 2.45) is 11.8 Å². The van der Waals surface area contributed by atoms with E-state index in [1.807, 2.05) is 0 Å². The molecule has 1 saturated carbocycles. The van der Waals surface area contributed by atoms with E-state index in [0.717, 1.165) is 6.42 Å². The standard InChI is InChI=1S/C9H12O3/c1-3-6-5-7(6)8(10)9(11)12-4-2/h3,6-7H,1,4-5H2,2H3/t6-,7-/m1/s1. The number of rotatable bonds is 4. The summed E-state index contributed by atoms with van der Waals surface area (Å²) in [6.07, 6.45) is 2.46. The van der Waals surface area contributed by atoms with E-state index in [2.05, 4.69) is 11.3 Å². The Bertz CT molecular complexity index is 220. The third kappa shape index (κ3) is 1.72. The predicted octanol–water partition coefficient (Wildman–Crippen LogP) is 0.941. The van der Waals surface area contributed by atoms with Gasteiger partial charge in [-0.3, -0.25) is 4.79 Å². The van der Waals surface area contributed by atoms with Gasteiger partial charge in [-0.15, -0.1) is 6.58 Å². The Morgan fingerprint density at radius 2 is 2.33 bits per heavy atom. The van der Waals surface area contributed by atoms with Crippen molar-refractivity contribution in [2.75, 3.05) is 6.61 Å². The van der Waals surface area contributed by atoms with Crippen LogP contribution < -0.4 is 0 Å². The molecule has 1 fully saturated rings. The molecule has 1 rings (SSSR count). The fourth-order valence-corrected chi connectivity index (χ4v) is 1.13. The zero-order valence-corrected chi connectivity index (χ0v) is 7.08. The minimum absolute atomic E-state index is 0.151. The van der Waals surface area contributed by atoms with Gasteiger partial charge in [-0.2, -0.15) is 0 Å². The van der Waals surface area contributed by atoms with E-state index in [4.69, 9.17) is 0 Å². The molecule has 1 aliphatic carbocycles. The first-order valence-electron chi connectivity index (χ1n) is 4.04. The van der Waals surface area contributed by atoms with Crippen LogP contribution in [0, 0.1) is 11.8 Å². The molecule has 0 N–H and O–H groups in total. The third-order valence-corrected chi connectivity index (χ3v) is 1.96. The molecule has 12 heavy (non-hydrogen) atoms. The highest BCUT2D eigenvalue weighted by atomic mass is 16.5. The van der Waals surface area contributed by atoms with Crippen LogP contribution in [0.15, 0.2) is 12.7 Å². The predicted molar refractivity (Wildman–Crippen MR) is 43.4 cm³/mol. The summed E-state index contributed by atoms with van der Waals surface area (Å²) in [7, 11) is 0. The maximum absolute atomic E-state index is 11.1. The first-order chi connectivity index (χ1) is 5.70. The molecule has 3 nitrogen and oxygen atoms in total. The summed E-state index contributed by atoms with van der Waals surface area (Å²) >= 11 is 0. The van der Waals surface area contributed by atoms with Crippen molar-refractivity contribution in [2.45, 2.75) is 13.3 Å². The summed E-state index contributed by atoms with van der Waals surface area (Å²) in [5.74, 6) is -1.06. The van der Waals surface area contributed by atoms with Crippen molar-refractivity contribution < 1.29 is 14.3 Å². The van der Waals surface area contributed by atoms with E-state index in [1.165, 1.54) is 0 Å². The van der Waals surface area contributed by atoms with Gasteiger partial charge in [0.2, 0.25) is 5.78 Å². The second-order valence-corrected chi connectivity index (χ2v) is 2.83. The second-order valence-electron chi connectivity index (χ2n) is 2.83. The molecular formula is C9H12O3. The van der Waals surface area contributed by atoms with Gasteiger partial charge in [0.05, 0.1) is 6.61 Å². The van der Waals surface area contributed by atoms with Gasteiger partial charge in [0.25, 0.3) is 0 Å². The number of ether oxygens (including phenoxy) is 1. The van der Waals surface area contributed by atoms with Crippen molar-refractivity contribution in [1.29, 1.82) is 0 Å². The van der Waals surface area contributed by atoms with E-state index < -0.39 is 11.8 Å². The van der Waals surface area contributed by atoms with Crippen LogP contribution in [0.1, 0.15) is 13.3 Å². The molecule has 66 valence electrons. The van der Waals surface area contributed by atoms with Crippen molar-refractivity contribution in [3.05, 3.63) is 12.7 Å². The minimum atomic E-state index is -0.702. The Morgan fingerprint density at radius 1 is 1.67 bits per heavy atom. The van der Waals surface area contributed by atoms with Gasteiger partial charge in [0.1, 0.15) is 0 Å². The first-order valence-corrected chi connectivity index (χ1v) is 4.04. The Hall–Kier alpha value is -1.12. The SMILES string of the molecule is C=C[C@@H]1C[C@H]1C(=O)C(=O)OCC. The zero-order chi connectivity index (χ0) is 9.14. The van der Waals surface area contributed by atoms with Gasteiger partial charge >= 0.3 is 5.97 Å². The van der Waals surface area contributed by atoms with Gasteiger partial charge in [0, 0.05) is 5.92 Å². The van der Waals surface area contributed by atoms with Crippen LogP contribution in [0.4, 0.5) is 0 Å². The largest absolute Gasteiger partial charge is 0.460 e. The molecule has 3 heteroatoms. The summed E-state index contributed by atoms with van der Waals surface area (Å²) in [4.78, 5) is 22.0. The number of esters is 1. The molecule has 0 aromatic heterocycles. The van der Waals surface area contributed by atoms with E-state index >= 15 is 0 Å². The summed E-state index contributed by atoms with van der Waals surface area (Å²) in [5.41, 5.74) is 0. The highest BCUT2D eigenvalue weighted by molar-refractivity contribution is 6.35. The van der Waals surface area contributed by atoms with Gasteiger partial charge < -0.3 is 4.74 Å². The topological polar surface area (TPSA) is 43.4 Å². The number of hydrogen-bond acceptors (Lipinski definition) is 3. The highest BCUT2D eigenvalue weighted by Gasteiger charge is 2.44. The third-order valence-electron chi connectivity index (χ3n) is 1.96. The summed E-state index contributed by atoms with van der Waals surface area (Å²) in [6, 6.07) is 0. The maximum atomic E-state index is 11.1. The average molecular weight is 168 g/mol. The molecule has 1 aliphatic rings. The van der Waals surface area contributed by atoms with E-state index in [0.29, 0.717) is 0 Å². The fourth-order valence-electron chi connectivity index (χ4n) is 1.13. The minimum Gasteiger partial charge on any atom is -0.460 e. The fraction of sp³-hybridized carbons (Fsp3) is 0.556. The molecule has 0 radical (unpaired) electrons. The molecule has 0 aliphatic heterocycles. The van der Waals surface area contributed by atoms with Crippen molar-refractivity contribution >= 4 is 11.8 Å². The Kier molecular flexibility index (Phi) is 2.63. The molecule has 0 heterocycles. The van der Waals surface area contributed by atoms with Crippen LogP contribution in [0.3, 0.4) is 0 Å². The van der Waals surface area contributed by atoms with Crippen LogP contribution in [0.5, 0.6) is 0 Å². The smallest absolute Gasteiger partial charge is 0.374 e. The molecule has 0 spiro atoms. The van der Waals surface area contributed by atoms with Crippen LogP contribution in [-0.2, 0) is 14.3 Å². The van der Waals surface area contributed by atoms with Crippen molar-refractivity contribution in [3.63, 3.8) is 0 Å². The van der Waals surface area contributed by atoms with Crippen molar-refractivity contribution in [3.8, 4) is 0 Å². The van der Waals surface area contributed by atoms with Crippen LogP contribution >= 0.6 is 0 Å². The normalized spacial score (nSPS) is 26.1. The quantitative estimate of drug-likeness (QED) is 0.356. The lowest BCUT2D eigenvalue weighted by atomic mass is 10.2. The molecule has 0 amide bonds. The lowest BCUT2D eigenvalue weighted by Gasteiger charge is -1.97. The second kappa shape index (κ2) is 3.52. The van der Waals surface area contributed by atoms with Crippen LogP contribution in [0.2, 0.25) is 0 Å². The van der Waals surface area contributed by atoms with Gasteiger partial charge in [0.15, 0.2) is 0 Å². The summed E-state index contributed by atoms with van der Waals surface area (Å²) in [6.45, 7) is 5.50. The Morgan fingerprint density at radius 3 is 2.75 bits per heavy atom. The van der Waals surface area contributed by atoms with Crippen molar-refractivity contribution in [1.82, 2.24) is 0 Å². The lowest BCUT2D eigenvalue weighted by Crippen LogP contribution is -2.19. The van der Waals surface area contributed by atoms with Gasteiger partial charge in [-0.25, -0.2) is 4.79 Å². The van der Waals surface area contributed by atoms with E-state index in [9.17, 15) is 9.59 Å². The number of carbonyl (C=O) groups excluding carboxylic acids is 2. The zero-order valence-electron chi connectivity index (χ0n) is 7.08. The summed E-state index contributed by atoms with van der Waals surface area (Å²) < 4.78 is 4.58. The van der Waals surface area contributed by atoms with E-state index in [1.54, 1.807) is 13.0 Å². The monoisotopic (exact) mass is 168 g/mol. The molecule has 0 bridgehead atoms. The van der Waals surface area contributed by atoms with Gasteiger partial charge in [-0.1, -0.05) is 6.08 Å². The average Bonchev–Trinajstić information content (AvgIpc) is 2.82.